The van der Waals surface area contributed by atoms with E-state index in [2.05, 4.69) is 15.9 Å². The Morgan fingerprint density at radius 2 is 2.42 bits per heavy atom. The van der Waals surface area contributed by atoms with Gasteiger partial charge in [0.2, 0.25) is 0 Å². The fraction of sp³-hybridized carbons (Fsp3) is 0.308. The third-order valence-corrected chi connectivity index (χ3v) is 4.10. The highest BCUT2D eigenvalue weighted by molar-refractivity contribution is 9.11. The van der Waals surface area contributed by atoms with Gasteiger partial charge >= 0.3 is 0 Å². The van der Waals surface area contributed by atoms with Crippen molar-refractivity contribution >= 4 is 33.2 Å². The Morgan fingerprint density at radius 1 is 1.58 bits per heavy atom. The number of hydrogen-bond donors (Lipinski definition) is 0. The first-order valence-electron chi connectivity index (χ1n) is 5.75. The number of hydrogen-bond acceptors (Lipinski definition) is 4. The minimum absolute atomic E-state index is 0.0181. The van der Waals surface area contributed by atoms with Crippen LogP contribution in [0.15, 0.2) is 38.0 Å². The fourth-order valence-electron chi connectivity index (χ4n) is 1.65. The van der Waals surface area contributed by atoms with Crippen LogP contribution in [-0.2, 0) is 11.3 Å². The first kappa shape index (κ1) is 14.3. The van der Waals surface area contributed by atoms with Crippen LogP contribution in [0.5, 0.6) is 0 Å². The lowest BCUT2D eigenvalue weighted by molar-refractivity contribution is 0.0667. The maximum atomic E-state index is 12.4. The summed E-state index contributed by atoms with van der Waals surface area (Å²) in [6.07, 6.45) is 1.61. The molecule has 0 aromatic carbocycles. The molecule has 0 aliphatic heterocycles. The Labute approximate surface area is 124 Å². The first-order valence-corrected chi connectivity index (χ1v) is 7.42. The molecule has 0 radical (unpaired) electrons. The van der Waals surface area contributed by atoms with Crippen molar-refractivity contribution in [2.75, 3.05) is 20.3 Å². The van der Waals surface area contributed by atoms with Crippen LogP contribution in [0.1, 0.15) is 16.1 Å². The van der Waals surface area contributed by atoms with Gasteiger partial charge in [-0.05, 0) is 34.1 Å². The van der Waals surface area contributed by atoms with Gasteiger partial charge in [-0.3, -0.25) is 4.79 Å². The predicted octanol–water partition coefficient (Wildman–Crippen LogP) is 3.39. The molecule has 0 saturated carbocycles. The van der Waals surface area contributed by atoms with Crippen molar-refractivity contribution in [3.63, 3.8) is 0 Å². The molecule has 0 aliphatic rings. The van der Waals surface area contributed by atoms with Crippen molar-refractivity contribution in [2.24, 2.45) is 0 Å². The summed E-state index contributed by atoms with van der Waals surface area (Å²) in [6.45, 7) is 1.48. The van der Waals surface area contributed by atoms with Crippen molar-refractivity contribution < 1.29 is 13.9 Å². The molecule has 0 unspecified atom stereocenters. The number of halogens is 1. The molecular weight excluding hydrogens is 330 g/mol. The molecule has 102 valence electrons. The number of methoxy groups -OCH3 is 1. The Bertz CT molecular complexity index is 524. The monoisotopic (exact) mass is 343 g/mol. The van der Waals surface area contributed by atoms with Gasteiger partial charge in [0.1, 0.15) is 5.76 Å². The Kier molecular flexibility index (Phi) is 5.18. The van der Waals surface area contributed by atoms with Crippen LogP contribution in [-0.4, -0.2) is 31.1 Å². The summed E-state index contributed by atoms with van der Waals surface area (Å²) >= 11 is 4.86. The van der Waals surface area contributed by atoms with Crippen molar-refractivity contribution in [3.8, 4) is 0 Å². The number of carbonyl (C=O) groups is 1. The number of amides is 1. The molecule has 0 N–H and O–H groups in total. The van der Waals surface area contributed by atoms with Crippen LogP contribution >= 0.6 is 27.3 Å². The summed E-state index contributed by atoms with van der Waals surface area (Å²) in [5, 5.41) is 1.84. The summed E-state index contributed by atoms with van der Waals surface area (Å²) in [5.74, 6) is 0.745. The van der Waals surface area contributed by atoms with Gasteiger partial charge in [0.25, 0.3) is 5.91 Å². The third kappa shape index (κ3) is 3.92. The molecule has 6 heteroatoms. The molecule has 4 nitrogen and oxygen atoms in total. The van der Waals surface area contributed by atoms with Crippen LogP contribution in [0.4, 0.5) is 0 Å². The normalized spacial score (nSPS) is 10.6. The van der Waals surface area contributed by atoms with Gasteiger partial charge in [-0.15, -0.1) is 11.3 Å². The van der Waals surface area contributed by atoms with Gasteiger partial charge in [-0.25, -0.2) is 0 Å². The zero-order valence-electron chi connectivity index (χ0n) is 10.5. The van der Waals surface area contributed by atoms with Crippen LogP contribution < -0.4 is 0 Å². The maximum Gasteiger partial charge on any atom is 0.255 e. The van der Waals surface area contributed by atoms with Gasteiger partial charge in [-0.1, -0.05) is 0 Å². The highest BCUT2D eigenvalue weighted by Gasteiger charge is 2.18. The van der Waals surface area contributed by atoms with Gasteiger partial charge in [0, 0.05) is 19.0 Å². The Hall–Kier alpha value is -1.11. The SMILES string of the molecule is COCCN(Cc1ccco1)C(=O)c1csc(Br)c1. The van der Waals surface area contributed by atoms with E-state index >= 15 is 0 Å². The molecule has 2 rings (SSSR count). The van der Waals surface area contributed by atoms with Crippen molar-refractivity contribution in [2.45, 2.75) is 6.54 Å². The minimum Gasteiger partial charge on any atom is -0.467 e. The summed E-state index contributed by atoms with van der Waals surface area (Å²) in [6, 6.07) is 5.50. The van der Waals surface area contributed by atoms with E-state index in [-0.39, 0.29) is 5.91 Å². The topological polar surface area (TPSA) is 42.7 Å². The zero-order chi connectivity index (χ0) is 13.7. The van der Waals surface area contributed by atoms with Gasteiger partial charge in [-0.2, -0.15) is 0 Å². The fourth-order valence-corrected chi connectivity index (χ4v) is 2.78. The highest BCUT2D eigenvalue weighted by atomic mass is 79.9. The molecule has 1 amide bonds. The number of rotatable bonds is 6. The van der Waals surface area contributed by atoms with Gasteiger partial charge in [0.05, 0.1) is 28.8 Å². The molecule has 2 aromatic heterocycles. The smallest absolute Gasteiger partial charge is 0.255 e. The van der Waals surface area contributed by atoms with Crippen molar-refractivity contribution in [1.82, 2.24) is 4.90 Å². The van der Waals surface area contributed by atoms with E-state index in [1.807, 2.05) is 23.6 Å². The summed E-state index contributed by atoms with van der Waals surface area (Å²) in [4.78, 5) is 14.1. The van der Waals surface area contributed by atoms with E-state index in [0.29, 0.717) is 25.3 Å². The molecule has 0 bridgehead atoms. The largest absolute Gasteiger partial charge is 0.467 e. The predicted molar refractivity (Wildman–Crippen MR) is 77.3 cm³/mol. The quantitative estimate of drug-likeness (QED) is 0.807. The zero-order valence-corrected chi connectivity index (χ0v) is 12.9. The van der Waals surface area contributed by atoms with E-state index in [9.17, 15) is 4.79 Å². The summed E-state index contributed by atoms with van der Waals surface area (Å²) < 4.78 is 11.3. The van der Waals surface area contributed by atoms with E-state index in [1.165, 1.54) is 11.3 Å². The number of nitrogens with zero attached hydrogens (tertiary/aromatic N) is 1. The molecule has 2 aromatic rings. The van der Waals surface area contributed by atoms with Gasteiger partial charge in [0.15, 0.2) is 0 Å². The molecule has 0 spiro atoms. The Morgan fingerprint density at radius 3 is 3.00 bits per heavy atom. The van der Waals surface area contributed by atoms with Crippen LogP contribution in [0, 0.1) is 0 Å². The van der Waals surface area contributed by atoms with E-state index < -0.39 is 0 Å². The average molecular weight is 344 g/mol. The third-order valence-electron chi connectivity index (χ3n) is 2.59. The lowest BCUT2D eigenvalue weighted by atomic mass is 10.2. The number of thiophene rings is 1. The van der Waals surface area contributed by atoms with E-state index in [0.717, 1.165) is 9.55 Å². The number of carbonyl (C=O) groups excluding carboxylic acids is 1. The van der Waals surface area contributed by atoms with Gasteiger partial charge < -0.3 is 14.1 Å². The van der Waals surface area contributed by atoms with Crippen LogP contribution in [0.2, 0.25) is 0 Å². The minimum atomic E-state index is -0.0181. The second-order valence-electron chi connectivity index (χ2n) is 3.94. The lowest BCUT2D eigenvalue weighted by Crippen LogP contribution is -2.33. The number of furan rings is 1. The van der Waals surface area contributed by atoms with E-state index in [4.69, 9.17) is 9.15 Å². The summed E-state index contributed by atoms with van der Waals surface area (Å²) in [7, 11) is 1.62. The van der Waals surface area contributed by atoms with E-state index in [1.54, 1.807) is 18.3 Å². The molecule has 0 fully saturated rings. The average Bonchev–Trinajstić information content (AvgIpc) is 3.05. The molecular formula is C13H14BrNO3S. The lowest BCUT2D eigenvalue weighted by Gasteiger charge is -2.20. The Balaban J connectivity index is 2.10. The van der Waals surface area contributed by atoms with Crippen molar-refractivity contribution in [1.29, 1.82) is 0 Å². The van der Waals surface area contributed by atoms with Crippen LogP contribution in [0.25, 0.3) is 0 Å². The number of ether oxygens (including phenoxy) is 1. The summed E-state index contributed by atoms with van der Waals surface area (Å²) in [5.41, 5.74) is 0.680. The molecule has 0 atom stereocenters. The second-order valence-corrected chi connectivity index (χ2v) is 6.23. The molecule has 2 heterocycles. The van der Waals surface area contributed by atoms with Crippen LogP contribution in [0.3, 0.4) is 0 Å². The van der Waals surface area contributed by atoms with Crippen molar-refractivity contribution in [3.05, 3.63) is 45.0 Å². The molecule has 0 aliphatic carbocycles. The molecule has 0 saturated heterocycles. The first-order chi connectivity index (χ1) is 9.20. The standard InChI is InChI=1S/C13H14BrNO3S/c1-17-6-4-15(8-11-3-2-5-18-11)13(16)10-7-12(14)19-9-10/h2-3,5,7,9H,4,6,8H2,1H3. The molecule has 19 heavy (non-hydrogen) atoms. The second kappa shape index (κ2) is 6.88. The highest BCUT2D eigenvalue weighted by Crippen LogP contribution is 2.22. The maximum absolute atomic E-state index is 12.4.